The van der Waals surface area contributed by atoms with Crippen molar-refractivity contribution in [3.63, 3.8) is 0 Å². The molecule has 0 N–H and O–H groups in total. The second kappa shape index (κ2) is 5.72. The molecule has 5 nitrogen and oxygen atoms in total. The highest BCUT2D eigenvalue weighted by Crippen LogP contribution is 2.24. The maximum atomic E-state index is 12.4. The fourth-order valence-electron chi connectivity index (χ4n) is 2.79. The molecule has 2 heterocycles. The molecule has 2 aromatic carbocycles. The first-order valence-electron chi connectivity index (χ1n) is 7.59. The third-order valence-electron chi connectivity index (χ3n) is 4.04. The summed E-state index contributed by atoms with van der Waals surface area (Å²) in [6.07, 6.45) is -0.438. The van der Waals surface area contributed by atoms with Crippen LogP contribution >= 0.6 is 11.3 Å². The summed E-state index contributed by atoms with van der Waals surface area (Å²) in [5.74, 6) is 0.369. The van der Waals surface area contributed by atoms with Crippen LogP contribution in [0, 0.1) is 0 Å². The SMILES string of the molecule is CC(OC(=O)c1ccc2ncsc2c1)c1nc2ccccc2n1C. The number of carbonyl (C=O) groups excluding carboxylic acids is 1. The van der Waals surface area contributed by atoms with Crippen molar-refractivity contribution in [3.8, 4) is 0 Å². The topological polar surface area (TPSA) is 57.0 Å². The highest BCUT2D eigenvalue weighted by molar-refractivity contribution is 7.16. The van der Waals surface area contributed by atoms with Crippen molar-refractivity contribution in [1.82, 2.24) is 14.5 Å². The van der Waals surface area contributed by atoms with E-state index in [0.717, 1.165) is 27.1 Å². The van der Waals surface area contributed by atoms with E-state index in [0.29, 0.717) is 5.56 Å². The van der Waals surface area contributed by atoms with E-state index >= 15 is 0 Å². The van der Waals surface area contributed by atoms with Crippen LogP contribution in [0.4, 0.5) is 0 Å². The molecule has 120 valence electrons. The lowest BCUT2D eigenvalue weighted by Gasteiger charge is -2.13. The molecule has 0 bridgehead atoms. The molecule has 1 unspecified atom stereocenters. The Bertz CT molecular complexity index is 1050. The van der Waals surface area contributed by atoms with Crippen LogP contribution in [0.2, 0.25) is 0 Å². The fourth-order valence-corrected chi connectivity index (χ4v) is 3.51. The normalized spacial score (nSPS) is 12.6. The zero-order chi connectivity index (χ0) is 16.7. The average molecular weight is 337 g/mol. The van der Waals surface area contributed by atoms with Gasteiger partial charge in [0.2, 0.25) is 0 Å². The maximum absolute atomic E-state index is 12.4. The predicted octanol–water partition coefficient (Wildman–Crippen LogP) is 4.10. The first-order valence-corrected chi connectivity index (χ1v) is 8.47. The number of esters is 1. The Labute approximate surface area is 142 Å². The van der Waals surface area contributed by atoms with Crippen LogP contribution in [0.15, 0.2) is 48.0 Å². The van der Waals surface area contributed by atoms with Crippen LogP contribution in [0.25, 0.3) is 21.3 Å². The van der Waals surface area contributed by atoms with Crippen LogP contribution in [0.3, 0.4) is 0 Å². The Morgan fingerprint density at radius 2 is 2.04 bits per heavy atom. The van der Waals surface area contributed by atoms with Gasteiger partial charge in [-0.3, -0.25) is 0 Å². The number of aromatic nitrogens is 3. The number of ether oxygens (including phenoxy) is 1. The van der Waals surface area contributed by atoms with Gasteiger partial charge in [-0.05, 0) is 37.3 Å². The Balaban J connectivity index is 1.61. The zero-order valence-electron chi connectivity index (χ0n) is 13.3. The van der Waals surface area contributed by atoms with E-state index < -0.39 is 6.10 Å². The molecule has 0 aliphatic heterocycles. The van der Waals surface area contributed by atoms with Crippen LogP contribution in [-0.4, -0.2) is 20.5 Å². The van der Waals surface area contributed by atoms with Gasteiger partial charge < -0.3 is 9.30 Å². The zero-order valence-corrected chi connectivity index (χ0v) is 14.1. The van der Waals surface area contributed by atoms with Gasteiger partial charge in [0.25, 0.3) is 0 Å². The molecule has 0 radical (unpaired) electrons. The van der Waals surface area contributed by atoms with E-state index in [1.165, 1.54) is 11.3 Å². The molecule has 4 aromatic rings. The largest absolute Gasteiger partial charge is 0.451 e. The van der Waals surface area contributed by atoms with Crippen LogP contribution in [-0.2, 0) is 11.8 Å². The molecule has 0 aliphatic rings. The number of benzene rings is 2. The van der Waals surface area contributed by atoms with Gasteiger partial charge in [0.15, 0.2) is 11.9 Å². The number of nitrogens with zero attached hydrogens (tertiary/aromatic N) is 3. The summed E-state index contributed by atoms with van der Waals surface area (Å²) in [5, 5.41) is 0. The van der Waals surface area contributed by atoms with E-state index in [1.807, 2.05) is 54.9 Å². The average Bonchev–Trinajstić information content (AvgIpc) is 3.19. The van der Waals surface area contributed by atoms with Gasteiger partial charge in [0, 0.05) is 7.05 Å². The van der Waals surface area contributed by atoms with Gasteiger partial charge in [-0.15, -0.1) is 11.3 Å². The number of thiazole rings is 1. The standard InChI is InChI=1S/C18H15N3O2S/c1-11(17-20-13-5-3-4-6-15(13)21(17)2)23-18(22)12-7-8-14-16(9-12)24-10-19-14/h3-11H,1-2H3. The first kappa shape index (κ1) is 14.8. The van der Waals surface area contributed by atoms with Crippen LogP contribution in [0.5, 0.6) is 0 Å². The molecule has 0 spiro atoms. The molecule has 0 saturated heterocycles. The van der Waals surface area contributed by atoms with Crippen molar-refractivity contribution in [1.29, 1.82) is 0 Å². The summed E-state index contributed by atoms with van der Waals surface area (Å²) < 4.78 is 8.55. The quantitative estimate of drug-likeness (QED) is 0.528. The minimum Gasteiger partial charge on any atom is -0.451 e. The third kappa shape index (κ3) is 2.45. The highest BCUT2D eigenvalue weighted by Gasteiger charge is 2.19. The van der Waals surface area contributed by atoms with E-state index in [9.17, 15) is 4.79 Å². The molecule has 2 aromatic heterocycles. The Morgan fingerprint density at radius 3 is 2.88 bits per heavy atom. The van der Waals surface area contributed by atoms with E-state index in [4.69, 9.17) is 4.74 Å². The second-order valence-electron chi connectivity index (χ2n) is 5.60. The van der Waals surface area contributed by atoms with Crippen molar-refractivity contribution in [2.45, 2.75) is 13.0 Å². The summed E-state index contributed by atoms with van der Waals surface area (Å²) in [7, 11) is 1.93. The molecular weight excluding hydrogens is 322 g/mol. The number of rotatable bonds is 3. The lowest BCUT2D eigenvalue weighted by Crippen LogP contribution is -2.12. The summed E-state index contributed by atoms with van der Waals surface area (Å²) in [6, 6.07) is 13.3. The van der Waals surface area contributed by atoms with Gasteiger partial charge in [0.1, 0.15) is 0 Å². The van der Waals surface area contributed by atoms with Crippen molar-refractivity contribution < 1.29 is 9.53 Å². The lowest BCUT2D eigenvalue weighted by atomic mass is 10.2. The van der Waals surface area contributed by atoms with E-state index in [1.54, 1.807) is 11.6 Å². The van der Waals surface area contributed by atoms with Gasteiger partial charge in [-0.25, -0.2) is 14.8 Å². The minimum absolute atomic E-state index is 0.357. The predicted molar refractivity (Wildman–Crippen MR) is 94.2 cm³/mol. The van der Waals surface area contributed by atoms with Crippen molar-refractivity contribution in [2.24, 2.45) is 7.05 Å². The number of imidazole rings is 1. The van der Waals surface area contributed by atoms with Gasteiger partial charge >= 0.3 is 5.97 Å². The van der Waals surface area contributed by atoms with Gasteiger partial charge in [-0.1, -0.05) is 12.1 Å². The smallest absolute Gasteiger partial charge is 0.338 e. The van der Waals surface area contributed by atoms with Gasteiger partial charge in [0.05, 0.1) is 32.3 Å². The number of hydrogen-bond donors (Lipinski definition) is 0. The summed E-state index contributed by atoms with van der Waals surface area (Å²) in [5.41, 5.74) is 5.09. The lowest BCUT2D eigenvalue weighted by molar-refractivity contribution is 0.0315. The van der Waals surface area contributed by atoms with Gasteiger partial charge in [-0.2, -0.15) is 0 Å². The number of aryl methyl sites for hydroxylation is 1. The Kier molecular flexibility index (Phi) is 3.54. The van der Waals surface area contributed by atoms with Crippen molar-refractivity contribution in [3.05, 3.63) is 59.4 Å². The number of para-hydroxylation sites is 2. The first-order chi connectivity index (χ1) is 11.6. The molecular formula is C18H15N3O2S. The molecule has 0 saturated carbocycles. The number of carbonyl (C=O) groups is 1. The molecule has 6 heteroatoms. The summed E-state index contributed by atoms with van der Waals surface area (Å²) in [6.45, 7) is 1.84. The Morgan fingerprint density at radius 1 is 1.21 bits per heavy atom. The molecule has 1 atom stereocenters. The summed E-state index contributed by atoms with van der Waals surface area (Å²) >= 11 is 1.50. The van der Waals surface area contributed by atoms with Crippen LogP contribution < -0.4 is 0 Å². The van der Waals surface area contributed by atoms with E-state index in [2.05, 4.69) is 9.97 Å². The monoisotopic (exact) mass is 337 g/mol. The second-order valence-corrected chi connectivity index (χ2v) is 6.49. The van der Waals surface area contributed by atoms with Crippen molar-refractivity contribution in [2.75, 3.05) is 0 Å². The molecule has 0 amide bonds. The third-order valence-corrected chi connectivity index (χ3v) is 4.83. The Hall–Kier alpha value is -2.73. The fraction of sp³-hybridized carbons (Fsp3) is 0.167. The minimum atomic E-state index is -0.438. The van der Waals surface area contributed by atoms with Crippen molar-refractivity contribution >= 4 is 38.6 Å². The molecule has 24 heavy (non-hydrogen) atoms. The number of hydrogen-bond acceptors (Lipinski definition) is 5. The highest BCUT2D eigenvalue weighted by atomic mass is 32.1. The van der Waals surface area contributed by atoms with E-state index in [-0.39, 0.29) is 5.97 Å². The maximum Gasteiger partial charge on any atom is 0.338 e. The molecule has 4 rings (SSSR count). The number of fused-ring (bicyclic) bond motifs is 2. The van der Waals surface area contributed by atoms with Crippen LogP contribution in [0.1, 0.15) is 29.2 Å². The molecule has 0 fully saturated rings. The molecule has 0 aliphatic carbocycles. The summed E-state index contributed by atoms with van der Waals surface area (Å²) in [4.78, 5) is 21.2.